The number of hydrogen-bond donors (Lipinski definition) is 0. The van der Waals surface area contributed by atoms with Gasteiger partial charge in [0, 0.05) is 49.0 Å². The van der Waals surface area contributed by atoms with Crippen molar-refractivity contribution >= 4 is 5.69 Å². The lowest BCUT2D eigenvalue weighted by molar-refractivity contribution is 0.350. The van der Waals surface area contributed by atoms with Crippen LogP contribution in [0.15, 0.2) is 35.6 Å². The van der Waals surface area contributed by atoms with E-state index in [0.717, 1.165) is 43.7 Å². The van der Waals surface area contributed by atoms with Gasteiger partial charge in [0.2, 0.25) is 0 Å². The summed E-state index contributed by atoms with van der Waals surface area (Å²) in [4.78, 5) is 23.0. The Morgan fingerprint density at radius 2 is 1.86 bits per heavy atom. The van der Waals surface area contributed by atoms with E-state index in [0.29, 0.717) is 5.92 Å². The molecule has 0 aromatic carbocycles. The molecule has 2 aromatic rings. The molecule has 2 aromatic heterocycles. The fourth-order valence-electron chi connectivity index (χ4n) is 3.01. The zero-order valence-electron chi connectivity index (χ0n) is 13.2. The van der Waals surface area contributed by atoms with Crippen molar-refractivity contribution in [3.63, 3.8) is 0 Å². The third kappa shape index (κ3) is 3.03. The Morgan fingerprint density at radius 1 is 1.18 bits per heavy atom. The quantitative estimate of drug-likeness (QED) is 0.871. The van der Waals surface area contributed by atoms with E-state index in [1.807, 2.05) is 26.2 Å². The highest BCUT2D eigenvalue weighted by Crippen LogP contribution is 2.23. The molecular formula is C17H22N4O. The summed E-state index contributed by atoms with van der Waals surface area (Å²) >= 11 is 0. The number of nitrogens with zero attached hydrogens (tertiary/aromatic N) is 4. The lowest BCUT2D eigenvalue weighted by Crippen LogP contribution is -2.36. The minimum Gasteiger partial charge on any atom is -0.371 e. The van der Waals surface area contributed by atoms with Crippen LogP contribution < -0.4 is 10.5 Å². The summed E-state index contributed by atoms with van der Waals surface area (Å²) in [6.45, 7) is 6.57. The molecule has 0 aliphatic carbocycles. The predicted molar refractivity (Wildman–Crippen MR) is 87.1 cm³/mol. The van der Waals surface area contributed by atoms with Crippen molar-refractivity contribution in [1.82, 2.24) is 14.5 Å². The van der Waals surface area contributed by atoms with Gasteiger partial charge in [-0.25, -0.2) is 4.98 Å². The monoisotopic (exact) mass is 298 g/mol. The van der Waals surface area contributed by atoms with Gasteiger partial charge >= 0.3 is 0 Å². The Kier molecular flexibility index (Phi) is 4.22. The second-order valence-corrected chi connectivity index (χ2v) is 6.05. The van der Waals surface area contributed by atoms with Crippen LogP contribution in [0.25, 0.3) is 0 Å². The van der Waals surface area contributed by atoms with Gasteiger partial charge in [-0.2, -0.15) is 0 Å². The molecule has 0 spiro atoms. The number of piperidine rings is 1. The maximum atomic E-state index is 12.3. The molecule has 3 heterocycles. The number of aromatic nitrogens is 3. The Labute approximate surface area is 130 Å². The number of anilines is 1. The standard InChI is InChI=1S/C17H22N4O/c1-13-14(2)19-12-21(17(13)22)11-15-5-9-20(10-6-15)16-3-7-18-8-4-16/h3-4,7-8,12,15H,5-6,9-11H2,1-2H3. The number of rotatable bonds is 3. The highest BCUT2D eigenvalue weighted by molar-refractivity contribution is 5.44. The fourth-order valence-corrected chi connectivity index (χ4v) is 3.01. The van der Waals surface area contributed by atoms with Gasteiger partial charge < -0.3 is 4.90 Å². The van der Waals surface area contributed by atoms with Gasteiger partial charge in [-0.15, -0.1) is 0 Å². The predicted octanol–water partition coefficient (Wildman–Crippen LogP) is 2.17. The molecule has 0 radical (unpaired) electrons. The first-order chi connectivity index (χ1) is 10.6. The van der Waals surface area contributed by atoms with Crippen LogP contribution in [0.1, 0.15) is 24.1 Å². The zero-order chi connectivity index (χ0) is 15.5. The average molecular weight is 298 g/mol. The van der Waals surface area contributed by atoms with Gasteiger partial charge in [-0.3, -0.25) is 14.3 Å². The maximum absolute atomic E-state index is 12.3. The van der Waals surface area contributed by atoms with E-state index in [9.17, 15) is 4.79 Å². The molecule has 0 amide bonds. The summed E-state index contributed by atoms with van der Waals surface area (Å²) < 4.78 is 1.77. The second kappa shape index (κ2) is 6.30. The molecule has 0 N–H and O–H groups in total. The maximum Gasteiger partial charge on any atom is 0.256 e. The summed E-state index contributed by atoms with van der Waals surface area (Å²) in [5.41, 5.74) is 2.92. The second-order valence-electron chi connectivity index (χ2n) is 6.05. The number of pyridine rings is 1. The fraction of sp³-hybridized carbons (Fsp3) is 0.471. The van der Waals surface area contributed by atoms with E-state index >= 15 is 0 Å². The minimum atomic E-state index is 0.101. The third-order valence-corrected chi connectivity index (χ3v) is 4.61. The summed E-state index contributed by atoms with van der Waals surface area (Å²) in [6, 6.07) is 4.11. The average Bonchev–Trinajstić information content (AvgIpc) is 2.57. The SMILES string of the molecule is Cc1ncn(CC2CCN(c3ccncc3)CC2)c(=O)c1C. The first kappa shape index (κ1) is 14.8. The molecule has 116 valence electrons. The van der Waals surface area contributed by atoms with Gasteiger partial charge in [-0.1, -0.05) is 0 Å². The van der Waals surface area contributed by atoms with Crippen LogP contribution in [0.2, 0.25) is 0 Å². The minimum absolute atomic E-state index is 0.101. The molecule has 5 heteroatoms. The van der Waals surface area contributed by atoms with Crippen LogP contribution in [0.3, 0.4) is 0 Å². The summed E-state index contributed by atoms with van der Waals surface area (Å²) in [5, 5.41) is 0. The molecule has 0 atom stereocenters. The van der Waals surface area contributed by atoms with Gasteiger partial charge in [0.25, 0.3) is 5.56 Å². The van der Waals surface area contributed by atoms with E-state index in [1.165, 1.54) is 5.69 Å². The molecular weight excluding hydrogens is 276 g/mol. The molecule has 1 fully saturated rings. The normalized spacial score (nSPS) is 16.0. The van der Waals surface area contributed by atoms with Crippen LogP contribution in [-0.4, -0.2) is 27.6 Å². The lowest BCUT2D eigenvalue weighted by Gasteiger charge is -2.33. The lowest BCUT2D eigenvalue weighted by atomic mass is 9.96. The molecule has 0 unspecified atom stereocenters. The van der Waals surface area contributed by atoms with Crippen molar-refractivity contribution in [2.24, 2.45) is 5.92 Å². The molecule has 5 nitrogen and oxygen atoms in total. The van der Waals surface area contributed by atoms with Crippen LogP contribution in [0, 0.1) is 19.8 Å². The van der Waals surface area contributed by atoms with Crippen LogP contribution in [-0.2, 0) is 6.54 Å². The van der Waals surface area contributed by atoms with Crippen molar-refractivity contribution in [3.8, 4) is 0 Å². The van der Waals surface area contributed by atoms with E-state index < -0.39 is 0 Å². The van der Waals surface area contributed by atoms with Crippen molar-refractivity contribution in [2.75, 3.05) is 18.0 Å². The molecule has 1 aliphatic rings. The number of aryl methyl sites for hydroxylation is 1. The molecule has 1 saturated heterocycles. The van der Waals surface area contributed by atoms with E-state index in [1.54, 1.807) is 10.9 Å². The smallest absolute Gasteiger partial charge is 0.256 e. The summed E-state index contributed by atoms with van der Waals surface area (Å²) in [7, 11) is 0. The van der Waals surface area contributed by atoms with E-state index in [4.69, 9.17) is 0 Å². The van der Waals surface area contributed by atoms with Gasteiger partial charge in [0.1, 0.15) is 0 Å². The van der Waals surface area contributed by atoms with E-state index in [-0.39, 0.29) is 5.56 Å². The Bertz CT molecular complexity index is 688. The topological polar surface area (TPSA) is 51.0 Å². The summed E-state index contributed by atoms with van der Waals surface area (Å²) in [6.07, 6.45) is 7.56. The number of hydrogen-bond acceptors (Lipinski definition) is 4. The molecule has 0 saturated carbocycles. The summed E-state index contributed by atoms with van der Waals surface area (Å²) in [5.74, 6) is 0.541. The van der Waals surface area contributed by atoms with Crippen molar-refractivity contribution in [3.05, 3.63) is 52.5 Å². The van der Waals surface area contributed by atoms with Gasteiger partial charge in [0.05, 0.1) is 6.33 Å². The molecule has 3 rings (SSSR count). The van der Waals surface area contributed by atoms with Crippen molar-refractivity contribution in [1.29, 1.82) is 0 Å². The molecule has 0 bridgehead atoms. The van der Waals surface area contributed by atoms with Gasteiger partial charge in [-0.05, 0) is 44.7 Å². The zero-order valence-corrected chi connectivity index (χ0v) is 13.2. The molecule has 1 aliphatic heterocycles. The Balaban J connectivity index is 1.63. The van der Waals surface area contributed by atoms with Gasteiger partial charge in [0.15, 0.2) is 0 Å². The van der Waals surface area contributed by atoms with Crippen molar-refractivity contribution < 1.29 is 0 Å². The first-order valence-corrected chi connectivity index (χ1v) is 7.83. The first-order valence-electron chi connectivity index (χ1n) is 7.83. The van der Waals surface area contributed by atoms with Crippen LogP contribution in [0.5, 0.6) is 0 Å². The molecule has 22 heavy (non-hydrogen) atoms. The van der Waals surface area contributed by atoms with Crippen molar-refractivity contribution in [2.45, 2.75) is 33.2 Å². The van der Waals surface area contributed by atoms with Crippen LogP contribution >= 0.6 is 0 Å². The largest absolute Gasteiger partial charge is 0.371 e. The third-order valence-electron chi connectivity index (χ3n) is 4.61. The Hall–Kier alpha value is -2.17. The Morgan fingerprint density at radius 3 is 2.55 bits per heavy atom. The highest BCUT2D eigenvalue weighted by atomic mass is 16.1. The van der Waals surface area contributed by atoms with Crippen LogP contribution in [0.4, 0.5) is 5.69 Å². The van der Waals surface area contributed by atoms with E-state index in [2.05, 4.69) is 27.0 Å². The highest BCUT2D eigenvalue weighted by Gasteiger charge is 2.20.